The molecule has 1 aliphatic heterocycles. The molecule has 1 saturated heterocycles. The van der Waals surface area contributed by atoms with Crippen LogP contribution in [0.3, 0.4) is 0 Å². The largest absolute Gasteiger partial charge is 0.344 e. The molecule has 0 saturated carbocycles. The van der Waals surface area contributed by atoms with Crippen LogP contribution in [0.4, 0.5) is 0 Å². The van der Waals surface area contributed by atoms with E-state index >= 15 is 0 Å². The van der Waals surface area contributed by atoms with E-state index in [-0.39, 0.29) is 24.0 Å². The number of benzene rings is 2. The zero-order chi connectivity index (χ0) is 17.8. The lowest BCUT2D eigenvalue weighted by molar-refractivity contribution is -0.138. The Morgan fingerprint density at radius 1 is 1.08 bits per heavy atom. The SMILES string of the molecule is C[C@H](NC(=O)Cc1cccc2ccccc12)C(=O)N1CCC(=O)CC1. The predicted molar refractivity (Wildman–Crippen MR) is 96.1 cm³/mol. The average molecular weight is 338 g/mol. The van der Waals surface area contributed by atoms with Crippen LogP contribution >= 0.6 is 0 Å². The van der Waals surface area contributed by atoms with Gasteiger partial charge in [0.25, 0.3) is 0 Å². The van der Waals surface area contributed by atoms with Crippen LogP contribution in [0.1, 0.15) is 25.3 Å². The maximum Gasteiger partial charge on any atom is 0.244 e. The van der Waals surface area contributed by atoms with E-state index in [1.54, 1.807) is 11.8 Å². The van der Waals surface area contributed by atoms with E-state index in [0.29, 0.717) is 25.9 Å². The number of nitrogens with one attached hydrogen (secondary N) is 1. The van der Waals surface area contributed by atoms with Crippen molar-refractivity contribution in [3.63, 3.8) is 0 Å². The Bertz CT molecular complexity index is 800. The van der Waals surface area contributed by atoms with E-state index in [1.807, 2.05) is 42.5 Å². The van der Waals surface area contributed by atoms with E-state index in [4.69, 9.17) is 0 Å². The summed E-state index contributed by atoms with van der Waals surface area (Å²) >= 11 is 0. The van der Waals surface area contributed by atoms with E-state index in [1.165, 1.54) is 0 Å². The number of likely N-dealkylation sites (tertiary alicyclic amines) is 1. The molecule has 1 heterocycles. The molecule has 25 heavy (non-hydrogen) atoms. The number of fused-ring (bicyclic) bond motifs is 1. The summed E-state index contributed by atoms with van der Waals surface area (Å²) in [6.07, 6.45) is 1.04. The summed E-state index contributed by atoms with van der Waals surface area (Å²) in [5, 5.41) is 4.93. The van der Waals surface area contributed by atoms with Crippen molar-refractivity contribution in [3.05, 3.63) is 48.0 Å². The van der Waals surface area contributed by atoms with Crippen molar-refractivity contribution in [2.75, 3.05) is 13.1 Å². The molecule has 0 bridgehead atoms. The maximum atomic E-state index is 12.4. The number of carbonyl (C=O) groups is 3. The lowest BCUT2D eigenvalue weighted by atomic mass is 10.0. The predicted octanol–water partition coefficient (Wildman–Crippen LogP) is 2.08. The van der Waals surface area contributed by atoms with Gasteiger partial charge in [0.05, 0.1) is 6.42 Å². The quantitative estimate of drug-likeness (QED) is 0.928. The Morgan fingerprint density at radius 3 is 2.52 bits per heavy atom. The fraction of sp³-hybridized carbons (Fsp3) is 0.350. The second kappa shape index (κ2) is 7.47. The Balaban J connectivity index is 1.61. The van der Waals surface area contributed by atoms with Crippen LogP contribution in [0.5, 0.6) is 0 Å². The first-order valence-electron chi connectivity index (χ1n) is 8.61. The number of amides is 2. The molecule has 0 aliphatic carbocycles. The fourth-order valence-corrected chi connectivity index (χ4v) is 3.22. The molecule has 2 aromatic rings. The van der Waals surface area contributed by atoms with Gasteiger partial charge in [-0.05, 0) is 23.3 Å². The molecule has 0 aromatic heterocycles. The van der Waals surface area contributed by atoms with Crippen LogP contribution < -0.4 is 5.32 Å². The Hall–Kier alpha value is -2.69. The number of Topliss-reactive ketones (excluding diaryl/α,β-unsaturated/α-hetero) is 1. The standard InChI is InChI=1S/C20H22N2O3/c1-14(20(25)22-11-9-17(23)10-12-22)21-19(24)13-16-7-4-6-15-5-2-3-8-18(15)16/h2-8,14H,9-13H2,1H3,(H,21,24)/t14-/m0/s1. The van der Waals surface area contributed by atoms with Gasteiger partial charge < -0.3 is 10.2 Å². The highest BCUT2D eigenvalue weighted by atomic mass is 16.2. The first-order chi connectivity index (χ1) is 12.0. The molecule has 0 spiro atoms. The van der Waals surface area contributed by atoms with Crippen molar-refractivity contribution < 1.29 is 14.4 Å². The zero-order valence-electron chi connectivity index (χ0n) is 14.3. The Kier molecular flexibility index (Phi) is 5.12. The normalized spacial score (nSPS) is 15.9. The number of rotatable bonds is 4. The third kappa shape index (κ3) is 4.05. The van der Waals surface area contributed by atoms with Gasteiger partial charge in [-0.15, -0.1) is 0 Å². The second-order valence-corrected chi connectivity index (χ2v) is 6.47. The number of hydrogen-bond donors (Lipinski definition) is 1. The van der Waals surface area contributed by atoms with Gasteiger partial charge in [0.1, 0.15) is 11.8 Å². The lowest BCUT2D eigenvalue weighted by Crippen LogP contribution is -2.49. The van der Waals surface area contributed by atoms with Crippen molar-refractivity contribution in [2.24, 2.45) is 0 Å². The monoisotopic (exact) mass is 338 g/mol. The molecule has 2 amide bonds. The summed E-state index contributed by atoms with van der Waals surface area (Å²) in [5.41, 5.74) is 0.943. The topological polar surface area (TPSA) is 66.5 Å². The van der Waals surface area contributed by atoms with E-state index in [2.05, 4.69) is 5.32 Å². The highest BCUT2D eigenvalue weighted by Crippen LogP contribution is 2.19. The lowest BCUT2D eigenvalue weighted by Gasteiger charge is -2.28. The molecule has 130 valence electrons. The number of piperidine rings is 1. The number of nitrogens with zero attached hydrogens (tertiary/aromatic N) is 1. The Labute approximate surface area is 147 Å². The first-order valence-corrected chi connectivity index (χ1v) is 8.61. The second-order valence-electron chi connectivity index (χ2n) is 6.47. The van der Waals surface area contributed by atoms with Crippen molar-refractivity contribution in [1.29, 1.82) is 0 Å². The molecule has 0 unspecified atom stereocenters. The molecule has 5 nitrogen and oxygen atoms in total. The van der Waals surface area contributed by atoms with E-state index < -0.39 is 6.04 Å². The zero-order valence-corrected chi connectivity index (χ0v) is 14.3. The van der Waals surface area contributed by atoms with Gasteiger partial charge in [-0.25, -0.2) is 0 Å². The molecule has 5 heteroatoms. The summed E-state index contributed by atoms with van der Waals surface area (Å²) in [5.74, 6) is -0.110. The van der Waals surface area contributed by atoms with Crippen LogP contribution in [0.25, 0.3) is 10.8 Å². The van der Waals surface area contributed by atoms with Crippen LogP contribution in [0.15, 0.2) is 42.5 Å². The van der Waals surface area contributed by atoms with Crippen molar-refractivity contribution in [1.82, 2.24) is 10.2 Å². The molecule has 0 radical (unpaired) electrons. The summed E-state index contributed by atoms with van der Waals surface area (Å²) in [7, 11) is 0. The molecule has 3 rings (SSSR count). The first kappa shape index (κ1) is 17.1. The van der Waals surface area contributed by atoms with Crippen molar-refractivity contribution in [3.8, 4) is 0 Å². The summed E-state index contributed by atoms with van der Waals surface area (Å²) in [6.45, 7) is 2.59. The fourth-order valence-electron chi connectivity index (χ4n) is 3.22. The van der Waals surface area contributed by atoms with Crippen LogP contribution in [-0.2, 0) is 20.8 Å². The minimum Gasteiger partial charge on any atom is -0.344 e. The van der Waals surface area contributed by atoms with E-state index in [9.17, 15) is 14.4 Å². The van der Waals surface area contributed by atoms with Gasteiger partial charge in [0, 0.05) is 25.9 Å². The third-order valence-corrected chi connectivity index (χ3v) is 4.61. The van der Waals surface area contributed by atoms with Crippen molar-refractivity contribution >= 4 is 28.4 Å². The minimum atomic E-state index is -0.587. The van der Waals surface area contributed by atoms with Gasteiger partial charge in [-0.3, -0.25) is 14.4 Å². The smallest absolute Gasteiger partial charge is 0.244 e. The van der Waals surface area contributed by atoms with Gasteiger partial charge in [0.2, 0.25) is 11.8 Å². The van der Waals surface area contributed by atoms with Gasteiger partial charge in [-0.2, -0.15) is 0 Å². The van der Waals surface area contributed by atoms with Crippen LogP contribution in [-0.4, -0.2) is 41.6 Å². The molecule has 1 fully saturated rings. The van der Waals surface area contributed by atoms with E-state index in [0.717, 1.165) is 16.3 Å². The molecular formula is C20H22N2O3. The molecule has 1 N–H and O–H groups in total. The number of ketones is 1. The maximum absolute atomic E-state index is 12.4. The van der Waals surface area contributed by atoms with Crippen LogP contribution in [0.2, 0.25) is 0 Å². The summed E-state index contributed by atoms with van der Waals surface area (Å²) < 4.78 is 0. The van der Waals surface area contributed by atoms with Gasteiger partial charge >= 0.3 is 0 Å². The minimum absolute atomic E-state index is 0.126. The molecule has 2 aromatic carbocycles. The number of hydrogen-bond acceptors (Lipinski definition) is 3. The Morgan fingerprint density at radius 2 is 1.76 bits per heavy atom. The van der Waals surface area contributed by atoms with Crippen LogP contribution in [0, 0.1) is 0 Å². The molecule has 1 aliphatic rings. The average Bonchev–Trinajstić information content (AvgIpc) is 2.62. The molecule has 1 atom stereocenters. The summed E-state index contributed by atoms with van der Waals surface area (Å²) in [4.78, 5) is 37.7. The van der Waals surface area contributed by atoms with Gasteiger partial charge in [-0.1, -0.05) is 42.5 Å². The highest BCUT2D eigenvalue weighted by Gasteiger charge is 2.25. The van der Waals surface area contributed by atoms with Crippen molar-refractivity contribution in [2.45, 2.75) is 32.2 Å². The highest BCUT2D eigenvalue weighted by molar-refractivity contribution is 5.93. The summed E-state index contributed by atoms with van der Waals surface area (Å²) in [6, 6.07) is 13.2. The molecular weight excluding hydrogens is 316 g/mol. The number of carbonyl (C=O) groups excluding carboxylic acids is 3. The van der Waals surface area contributed by atoms with Gasteiger partial charge in [0.15, 0.2) is 0 Å². The third-order valence-electron chi connectivity index (χ3n) is 4.61.